The first-order chi connectivity index (χ1) is 7.24. The van der Waals surface area contributed by atoms with Crippen molar-refractivity contribution >= 4 is 39.3 Å². The zero-order chi connectivity index (χ0) is 10.7. The van der Waals surface area contributed by atoms with Gasteiger partial charge in [0.05, 0.1) is 0 Å². The van der Waals surface area contributed by atoms with Gasteiger partial charge < -0.3 is 0 Å². The molecule has 0 N–H and O–H groups in total. The van der Waals surface area contributed by atoms with E-state index in [1.165, 1.54) is 18.1 Å². The largest absolute Gasteiger partial charge is 0.248 e. The number of pyridine rings is 1. The van der Waals surface area contributed by atoms with Crippen LogP contribution in [0.25, 0.3) is 0 Å². The summed E-state index contributed by atoms with van der Waals surface area (Å²) >= 11 is 10.5. The van der Waals surface area contributed by atoms with Gasteiger partial charge in [-0.25, -0.2) is 15.0 Å². The Bertz CT molecular complexity index is 463. The van der Waals surface area contributed by atoms with E-state index in [-0.39, 0.29) is 0 Å². The van der Waals surface area contributed by atoms with Gasteiger partial charge in [-0.05, 0) is 39.8 Å². The maximum Gasteiger partial charge on any atom is 0.133 e. The monoisotopic (exact) mass is 301 g/mol. The summed E-state index contributed by atoms with van der Waals surface area (Å²) in [4.78, 5) is 12.1. The van der Waals surface area contributed by atoms with E-state index in [1.807, 2.05) is 12.1 Å². The third-order valence-electron chi connectivity index (χ3n) is 1.52. The maximum absolute atomic E-state index is 5.74. The second kappa shape index (κ2) is 4.92. The fraction of sp³-hybridized carbons (Fsp3) is 0. The minimum atomic E-state index is 0.435. The molecule has 0 aliphatic heterocycles. The van der Waals surface area contributed by atoms with E-state index >= 15 is 0 Å². The highest BCUT2D eigenvalue weighted by Gasteiger charge is 2.01. The van der Waals surface area contributed by atoms with Gasteiger partial charge in [-0.2, -0.15) is 0 Å². The van der Waals surface area contributed by atoms with Gasteiger partial charge in [0.15, 0.2) is 0 Å². The van der Waals surface area contributed by atoms with Crippen LogP contribution in [0.15, 0.2) is 45.2 Å². The molecule has 0 amide bonds. The molecule has 2 rings (SSSR count). The molecule has 3 nitrogen and oxygen atoms in total. The molecule has 15 heavy (non-hydrogen) atoms. The summed E-state index contributed by atoms with van der Waals surface area (Å²) in [6, 6.07) is 5.54. The van der Waals surface area contributed by atoms with Gasteiger partial charge in [-0.1, -0.05) is 11.6 Å². The third-order valence-corrected chi connectivity index (χ3v) is 3.08. The van der Waals surface area contributed by atoms with Crippen molar-refractivity contribution in [1.29, 1.82) is 0 Å². The first kappa shape index (κ1) is 10.9. The minimum Gasteiger partial charge on any atom is -0.248 e. The second-order valence-electron chi connectivity index (χ2n) is 2.60. The Hall–Kier alpha value is -0.650. The average Bonchev–Trinajstić information content (AvgIpc) is 2.22. The predicted octanol–water partition coefficient (Wildman–Crippen LogP) is 3.44. The number of nitrogens with zero attached hydrogens (tertiary/aromatic N) is 3. The molecule has 2 aromatic heterocycles. The van der Waals surface area contributed by atoms with E-state index in [9.17, 15) is 0 Å². The molecular weight excluding hydrogens is 298 g/mol. The first-order valence-corrected chi connectivity index (χ1v) is 6.00. The fourth-order valence-corrected chi connectivity index (χ4v) is 2.08. The molecule has 6 heteroatoms. The number of rotatable bonds is 2. The van der Waals surface area contributed by atoms with Crippen LogP contribution in [0, 0.1) is 0 Å². The van der Waals surface area contributed by atoms with E-state index in [0.717, 1.165) is 14.5 Å². The molecule has 0 aromatic carbocycles. The first-order valence-electron chi connectivity index (χ1n) is 4.01. The maximum atomic E-state index is 5.74. The Morgan fingerprint density at radius 3 is 2.67 bits per heavy atom. The van der Waals surface area contributed by atoms with Crippen molar-refractivity contribution in [2.75, 3.05) is 0 Å². The van der Waals surface area contributed by atoms with Crippen molar-refractivity contribution in [3.8, 4) is 0 Å². The topological polar surface area (TPSA) is 38.7 Å². The molecule has 0 spiro atoms. The normalized spacial score (nSPS) is 10.3. The number of hydrogen-bond acceptors (Lipinski definition) is 4. The molecule has 0 bridgehead atoms. The van der Waals surface area contributed by atoms with Gasteiger partial charge in [0.2, 0.25) is 0 Å². The zero-order valence-electron chi connectivity index (χ0n) is 7.39. The summed E-state index contributed by atoms with van der Waals surface area (Å²) in [6.07, 6.45) is 3.18. The Balaban J connectivity index is 2.18. The van der Waals surface area contributed by atoms with Crippen LogP contribution in [0.1, 0.15) is 0 Å². The van der Waals surface area contributed by atoms with Gasteiger partial charge in [0.1, 0.15) is 21.5 Å². The lowest BCUT2D eigenvalue weighted by molar-refractivity contribution is 1.04. The van der Waals surface area contributed by atoms with Crippen molar-refractivity contribution < 1.29 is 0 Å². The number of hydrogen-bond donors (Lipinski definition) is 0. The van der Waals surface area contributed by atoms with E-state index in [1.54, 1.807) is 12.3 Å². The van der Waals surface area contributed by atoms with E-state index in [0.29, 0.717) is 5.15 Å². The Labute approximate surface area is 104 Å². The van der Waals surface area contributed by atoms with Crippen LogP contribution in [-0.2, 0) is 0 Å². The standard InChI is InChI=1S/C9H5BrClN3S/c10-6-1-2-8(12-4-6)15-9-3-7(11)13-5-14-9/h1-5H. The van der Waals surface area contributed by atoms with Crippen molar-refractivity contribution in [2.45, 2.75) is 10.1 Å². The van der Waals surface area contributed by atoms with Crippen LogP contribution in [-0.4, -0.2) is 15.0 Å². The summed E-state index contributed by atoms with van der Waals surface area (Å²) < 4.78 is 0.951. The molecule has 2 aromatic rings. The lowest BCUT2D eigenvalue weighted by Crippen LogP contribution is -1.84. The molecule has 0 atom stereocenters. The third kappa shape index (κ3) is 3.15. The second-order valence-corrected chi connectivity index (χ2v) is 4.94. The Morgan fingerprint density at radius 2 is 2.00 bits per heavy atom. The molecule has 0 aliphatic carbocycles. The van der Waals surface area contributed by atoms with Crippen molar-refractivity contribution in [2.24, 2.45) is 0 Å². The summed E-state index contributed by atoms with van der Waals surface area (Å²) in [5.41, 5.74) is 0. The van der Waals surface area contributed by atoms with Crippen LogP contribution in [0.4, 0.5) is 0 Å². The van der Waals surface area contributed by atoms with Crippen molar-refractivity contribution in [3.05, 3.63) is 40.3 Å². The fourth-order valence-electron chi connectivity index (χ4n) is 0.903. The molecule has 0 fully saturated rings. The Kier molecular flexibility index (Phi) is 3.56. The lowest BCUT2D eigenvalue weighted by atomic mass is 10.5. The highest BCUT2D eigenvalue weighted by atomic mass is 79.9. The summed E-state index contributed by atoms with van der Waals surface area (Å²) in [5, 5.41) is 2.09. The predicted molar refractivity (Wildman–Crippen MR) is 63.1 cm³/mol. The highest BCUT2D eigenvalue weighted by Crippen LogP contribution is 2.25. The molecule has 0 unspecified atom stereocenters. The van der Waals surface area contributed by atoms with E-state index < -0.39 is 0 Å². The molecular formula is C9H5BrClN3S. The lowest BCUT2D eigenvalue weighted by Gasteiger charge is -1.99. The molecule has 0 radical (unpaired) electrons. The molecule has 76 valence electrons. The van der Waals surface area contributed by atoms with Gasteiger partial charge >= 0.3 is 0 Å². The molecule has 0 aliphatic rings. The summed E-state index contributed by atoms with van der Waals surface area (Å²) in [5.74, 6) is 0. The van der Waals surface area contributed by atoms with Gasteiger partial charge in [0, 0.05) is 16.7 Å². The number of aromatic nitrogens is 3. The highest BCUT2D eigenvalue weighted by molar-refractivity contribution is 9.10. The van der Waals surface area contributed by atoms with Crippen molar-refractivity contribution in [1.82, 2.24) is 15.0 Å². The SMILES string of the molecule is Clc1cc(Sc2ccc(Br)cn2)ncn1. The quantitative estimate of drug-likeness (QED) is 0.797. The average molecular weight is 303 g/mol. The minimum absolute atomic E-state index is 0.435. The van der Waals surface area contributed by atoms with Crippen LogP contribution >= 0.6 is 39.3 Å². The summed E-state index contributed by atoms with van der Waals surface area (Å²) in [6.45, 7) is 0. The van der Waals surface area contributed by atoms with Gasteiger partial charge in [0.25, 0.3) is 0 Å². The van der Waals surface area contributed by atoms with E-state index in [2.05, 4.69) is 30.9 Å². The zero-order valence-corrected chi connectivity index (χ0v) is 10.6. The smallest absolute Gasteiger partial charge is 0.133 e. The molecule has 2 heterocycles. The molecule has 0 saturated carbocycles. The van der Waals surface area contributed by atoms with Crippen LogP contribution < -0.4 is 0 Å². The van der Waals surface area contributed by atoms with Gasteiger partial charge in [-0.3, -0.25) is 0 Å². The van der Waals surface area contributed by atoms with Crippen LogP contribution in [0.5, 0.6) is 0 Å². The van der Waals surface area contributed by atoms with Gasteiger partial charge in [-0.15, -0.1) is 0 Å². The number of halogens is 2. The van der Waals surface area contributed by atoms with Crippen LogP contribution in [0.2, 0.25) is 5.15 Å². The van der Waals surface area contributed by atoms with E-state index in [4.69, 9.17) is 11.6 Å². The summed E-state index contributed by atoms with van der Waals surface area (Å²) in [7, 11) is 0. The van der Waals surface area contributed by atoms with Crippen LogP contribution in [0.3, 0.4) is 0 Å². The van der Waals surface area contributed by atoms with Crippen molar-refractivity contribution in [3.63, 3.8) is 0 Å². The Morgan fingerprint density at radius 1 is 1.13 bits per heavy atom. The molecule has 0 saturated heterocycles.